The van der Waals surface area contributed by atoms with Gasteiger partial charge in [-0.15, -0.1) is 0 Å². The largest absolute Gasteiger partial charge is 0.497 e. The molecular formula is C26H26O4. The zero-order valence-corrected chi connectivity index (χ0v) is 17.7. The Morgan fingerprint density at radius 3 is 1.67 bits per heavy atom. The van der Waals surface area contributed by atoms with Crippen LogP contribution in [-0.2, 0) is 5.60 Å². The minimum Gasteiger partial charge on any atom is -0.497 e. The second-order valence-electron chi connectivity index (χ2n) is 6.74. The molecule has 0 aromatic heterocycles. The molecular weight excluding hydrogens is 376 g/mol. The number of rotatable bonds is 6. The summed E-state index contributed by atoms with van der Waals surface area (Å²) < 4.78 is 16.0. The van der Waals surface area contributed by atoms with Crippen LogP contribution >= 0.6 is 0 Å². The first kappa shape index (κ1) is 21.3. The summed E-state index contributed by atoms with van der Waals surface area (Å²) in [6, 6.07) is 20.4. The fraction of sp³-hybridized carbons (Fsp3) is 0.231. The second kappa shape index (κ2) is 9.39. The van der Waals surface area contributed by atoms with Crippen molar-refractivity contribution in [2.75, 3.05) is 21.3 Å². The van der Waals surface area contributed by atoms with Crippen molar-refractivity contribution >= 4 is 0 Å². The Hall–Kier alpha value is -3.42. The molecule has 0 aliphatic carbocycles. The average Bonchev–Trinajstić information content (AvgIpc) is 2.82. The van der Waals surface area contributed by atoms with Gasteiger partial charge in [-0.05, 0) is 53.1 Å². The van der Waals surface area contributed by atoms with E-state index in [1.807, 2.05) is 73.7 Å². The fourth-order valence-electron chi connectivity index (χ4n) is 3.38. The molecule has 0 atom stereocenters. The maximum Gasteiger partial charge on any atom is 0.140 e. The molecule has 0 aliphatic heterocycles. The van der Waals surface area contributed by atoms with Gasteiger partial charge in [0.15, 0.2) is 0 Å². The predicted molar refractivity (Wildman–Crippen MR) is 118 cm³/mol. The summed E-state index contributed by atoms with van der Waals surface area (Å²) in [5.41, 5.74) is 1.46. The number of benzene rings is 3. The molecule has 0 spiro atoms. The monoisotopic (exact) mass is 402 g/mol. The minimum absolute atomic E-state index is 0.673. The third-order valence-corrected chi connectivity index (χ3v) is 5.03. The molecule has 3 aromatic rings. The van der Waals surface area contributed by atoms with Gasteiger partial charge >= 0.3 is 0 Å². The van der Waals surface area contributed by atoms with E-state index in [4.69, 9.17) is 14.2 Å². The maximum absolute atomic E-state index is 12.1. The molecule has 0 heterocycles. The van der Waals surface area contributed by atoms with E-state index in [1.54, 1.807) is 21.3 Å². The topological polar surface area (TPSA) is 47.9 Å². The van der Waals surface area contributed by atoms with Crippen LogP contribution in [0, 0.1) is 11.8 Å². The highest BCUT2D eigenvalue weighted by Gasteiger charge is 2.34. The molecule has 0 fully saturated rings. The molecule has 154 valence electrons. The van der Waals surface area contributed by atoms with Gasteiger partial charge in [0.05, 0.1) is 26.9 Å². The Morgan fingerprint density at radius 1 is 0.733 bits per heavy atom. The van der Waals surface area contributed by atoms with E-state index in [9.17, 15) is 5.11 Å². The van der Waals surface area contributed by atoms with Crippen LogP contribution in [0.1, 0.15) is 35.6 Å². The molecule has 4 nitrogen and oxygen atoms in total. The minimum atomic E-state index is -1.40. The molecule has 3 aromatic carbocycles. The molecule has 4 heteroatoms. The normalized spacial score (nSPS) is 10.7. The smallest absolute Gasteiger partial charge is 0.140 e. The molecule has 3 rings (SSSR count). The van der Waals surface area contributed by atoms with Crippen LogP contribution in [0.5, 0.6) is 17.2 Å². The van der Waals surface area contributed by atoms with Crippen LogP contribution < -0.4 is 14.2 Å². The molecule has 0 radical (unpaired) electrons. The molecule has 0 bridgehead atoms. The lowest BCUT2D eigenvalue weighted by molar-refractivity contribution is 0.125. The zero-order valence-electron chi connectivity index (χ0n) is 17.7. The Morgan fingerprint density at radius 2 is 1.23 bits per heavy atom. The van der Waals surface area contributed by atoms with E-state index in [2.05, 4.69) is 11.8 Å². The van der Waals surface area contributed by atoms with Crippen LogP contribution in [0.15, 0.2) is 66.7 Å². The van der Waals surface area contributed by atoms with E-state index in [0.29, 0.717) is 22.4 Å². The van der Waals surface area contributed by atoms with E-state index >= 15 is 0 Å². The highest BCUT2D eigenvalue weighted by Crippen LogP contribution is 2.39. The molecule has 0 unspecified atom stereocenters. The van der Waals surface area contributed by atoms with E-state index in [0.717, 1.165) is 23.5 Å². The van der Waals surface area contributed by atoms with Crippen LogP contribution in [-0.4, -0.2) is 26.4 Å². The highest BCUT2D eigenvalue weighted by atomic mass is 16.5. The Labute approximate surface area is 178 Å². The first-order chi connectivity index (χ1) is 14.6. The first-order valence-corrected chi connectivity index (χ1v) is 9.75. The summed E-state index contributed by atoms with van der Waals surface area (Å²) in [6.07, 6.45) is 0.731. The second-order valence-corrected chi connectivity index (χ2v) is 6.74. The number of methoxy groups -OCH3 is 3. The molecule has 30 heavy (non-hydrogen) atoms. The lowest BCUT2D eigenvalue weighted by Crippen LogP contribution is -2.29. The Balaban J connectivity index is 2.22. The number of ether oxygens (including phenoxy) is 3. The van der Waals surface area contributed by atoms with Crippen molar-refractivity contribution in [2.45, 2.75) is 18.9 Å². The predicted octanol–water partition coefficient (Wildman–Crippen LogP) is 4.76. The summed E-state index contributed by atoms with van der Waals surface area (Å²) in [5, 5.41) is 12.1. The van der Waals surface area contributed by atoms with Crippen molar-refractivity contribution < 1.29 is 19.3 Å². The SMILES string of the molecule is CCC#Cc1cc(C(O)(c2ccc(OC)cc2)c2ccc(OC)cc2)ccc1OC. The van der Waals surface area contributed by atoms with Crippen molar-refractivity contribution in [3.63, 3.8) is 0 Å². The third-order valence-electron chi connectivity index (χ3n) is 5.03. The molecule has 0 aliphatic rings. The lowest BCUT2D eigenvalue weighted by Gasteiger charge is -2.31. The van der Waals surface area contributed by atoms with Crippen LogP contribution in [0.3, 0.4) is 0 Å². The first-order valence-electron chi connectivity index (χ1n) is 9.75. The molecule has 0 saturated carbocycles. The van der Waals surface area contributed by atoms with E-state index in [1.165, 1.54) is 0 Å². The van der Waals surface area contributed by atoms with Gasteiger partial charge in [0.25, 0.3) is 0 Å². The van der Waals surface area contributed by atoms with Crippen LogP contribution in [0.25, 0.3) is 0 Å². The lowest BCUT2D eigenvalue weighted by atomic mass is 9.80. The van der Waals surface area contributed by atoms with Gasteiger partial charge in [-0.25, -0.2) is 0 Å². The Bertz CT molecular complexity index is 994. The van der Waals surface area contributed by atoms with Crippen LogP contribution in [0.4, 0.5) is 0 Å². The average molecular weight is 402 g/mol. The van der Waals surface area contributed by atoms with E-state index < -0.39 is 5.60 Å². The zero-order chi connectivity index (χ0) is 21.6. The van der Waals surface area contributed by atoms with Gasteiger partial charge in [0, 0.05) is 6.42 Å². The van der Waals surface area contributed by atoms with Gasteiger partial charge < -0.3 is 19.3 Å². The number of hydrogen-bond acceptors (Lipinski definition) is 4. The fourth-order valence-corrected chi connectivity index (χ4v) is 3.38. The van der Waals surface area contributed by atoms with Crippen molar-refractivity contribution in [1.82, 2.24) is 0 Å². The summed E-state index contributed by atoms with van der Waals surface area (Å²) in [4.78, 5) is 0. The Kier molecular flexibility index (Phi) is 6.66. The summed E-state index contributed by atoms with van der Waals surface area (Å²) in [5.74, 6) is 8.34. The van der Waals surface area contributed by atoms with E-state index in [-0.39, 0.29) is 0 Å². The van der Waals surface area contributed by atoms with Gasteiger partial charge in [-0.2, -0.15) is 0 Å². The van der Waals surface area contributed by atoms with Crippen molar-refractivity contribution in [2.24, 2.45) is 0 Å². The van der Waals surface area contributed by atoms with Crippen LogP contribution in [0.2, 0.25) is 0 Å². The van der Waals surface area contributed by atoms with Gasteiger partial charge in [-0.3, -0.25) is 0 Å². The molecule has 0 saturated heterocycles. The number of hydrogen-bond donors (Lipinski definition) is 1. The van der Waals surface area contributed by atoms with Gasteiger partial charge in [-0.1, -0.05) is 49.1 Å². The van der Waals surface area contributed by atoms with Gasteiger partial charge in [0.2, 0.25) is 0 Å². The summed E-state index contributed by atoms with van der Waals surface area (Å²) in [6.45, 7) is 1.99. The highest BCUT2D eigenvalue weighted by molar-refractivity contribution is 5.55. The third kappa shape index (κ3) is 4.12. The van der Waals surface area contributed by atoms with Gasteiger partial charge in [0.1, 0.15) is 22.8 Å². The molecule has 1 N–H and O–H groups in total. The van der Waals surface area contributed by atoms with Crippen molar-refractivity contribution in [3.8, 4) is 29.1 Å². The van der Waals surface area contributed by atoms with Crippen molar-refractivity contribution in [3.05, 3.63) is 89.0 Å². The number of aliphatic hydroxyl groups is 1. The quantitative estimate of drug-likeness (QED) is 0.477. The van der Waals surface area contributed by atoms with Crippen molar-refractivity contribution in [1.29, 1.82) is 0 Å². The summed E-state index contributed by atoms with van der Waals surface area (Å²) >= 11 is 0. The standard InChI is InChI=1S/C26H26O4/c1-5-6-7-19-18-22(12-17-25(19)30-4)26(27,20-8-13-23(28-2)14-9-20)21-10-15-24(29-3)16-11-21/h8-18,27H,5H2,1-4H3. The maximum atomic E-state index is 12.1. The summed E-state index contributed by atoms with van der Waals surface area (Å²) in [7, 11) is 4.85. The molecule has 0 amide bonds.